The van der Waals surface area contributed by atoms with E-state index in [-0.39, 0.29) is 0 Å². The van der Waals surface area contributed by atoms with Gasteiger partial charge in [-0.3, -0.25) is 0 Å². The number of nitrogens with zero attached hydrogens (tertiary/aromatic N) is 1. The molecular weight excluding hydrogens is 268 g/mol. The van der Waals surface area contributed by atoms with Crippen LogP contribution in [-0.4, -0.2) is 18.1 Å². The van der Waals surface area contributed by atoms with Crippen molar-refractivity contribution in [2.45, 2.75) is 16.2 Å². The third kappa shape index (κ3) is 2.65. The first-order valence-corrected chi connectivity index (χ1v) is 6.87. The molecule has 2 aromatic rings. The first-order valence-electron chi connectivity index (χ1n) is 5.17. The Bertz CT molecular complexity index is 568. The standard InChI is InChI=1S/C12H12N2O2S2/c1-7-5-8(18-12-14-3-4-17-12)6-9(10(7)13)11(15)16-2/h3-6H,13H2,1-2H3. The predicted octanol–water partition coefficient (Wildman–Crippen LogP) is 2.97. The number of ether oxygens (including phenoxy) is 1. The van der Waals surface area contributed by atoms with Crippen molar-refractivity contribution in [3.8, 4) is 0 Å². The Labute approximate surface area is 113 Å². The molecule has 6 heteroatoms. The number of aromatic nitrogens is 1. The highest BCUT2D eigenvalue weighted by molar-refractivity contribution is 8.01. The van der Waals surface area contributed by atoms with Gasteiger partial charge in [-0.05, 0) is 24.6 Å². The highest BCUT2D eigenvalue weighted by Gasteiger charge is 2.14. The van der Waals surface area contributed by atoms with Crippen LogP contribution < -0.4 is 5.73 Å². The fourth-order valence-corrected chi connectivity index (χ4v) is 3.20. The van der Waals surface area contributed by atoms with Crippen LogP contribution in [0.1, 0.15) is 15.9 Å². The van der Waals surface area contributed by atoms with Crippen molar-refractivity contribution in [2.75, 3.05) is 12.8 Å². The van der Waals surface area contributed by atoms with Gasteiger partial charge in [0.05, 0.1) is 12.7 Å². The van der Waals surface area contributed by atoms with Crippen molar-refractivity contribution in [3.63, 3.8) is 0 Å². The van der Waals surface area contributed by atoms with E-state index >= 15 is 0 Å². The van der Waals surface area contributed by atoms with Gasteiger partial charge in [-0.25, -0.2) is 9.78 Å². The molecule has 0 aliphatic rings. The van der Waals surface area contributed by atoms with Gasteiger partial charge in [-0.1, -0.05) is 11.8 Å². The summed E-state index contributed by atoms with van der Waals surface area (Å²) in [6.45, 7) is 1.87. The molecule has 0 fully saturated rings. The van der Waals surface area contributed by atoms with Gasteiger partial charge < -0.3 is 10.5 Å². The van der Waals surface area contributed by atoms with Crippen LogP contribution in [0.25, 0.3) is 0 Å². The lowest BCUT2D eigenvalue weighted by atomic mass is 10.1. The fourth-order valence-electron chi connectivity index (χ4n) is 1.46. The Morgan fingerprint density at radius 2 is 2.28 bits per heavy atom. The first kappa shape index (κ1) is 12.9. The molecule has 4 nitrogen and oxygen atoms in total. The van der Waals surface area contributed by atoms with E-state index in [9.17, 15) is 4.79 Å². The number of methoxy groups -OCH3 is 1. The zero-order chi connectivity index (χ0) is 13.1. The molecule has 2 N–H and O–H groups in total. The second kappa shape index (κ2) is 5.41. The summed E-state index contributed by atoms with van der Waals surface area (Å²) in [5.41, 5.74) is 7.60. The number of carbonyl (C=O) groups is 1. The normalized spacial score (nSPS) is 10.3. The molecule has 0 amide bonds. The lowest BCUT2D eigenvalue weighted by molar-refractivity contribution is 0.0601. The molecule has 18 heavy (non-hydrogen) atoms. The van der Waals surface area contributed by atoms with Crippen molar-refractivity contribution >= 4 is 34.8 Å². The number of nitrogens with two attached hydrogens (primary N) is 1. The van der Waals surface area contributed by atoms with Crippen LogP contribution in [0.2, 0.25) is 0 Å². The monoisotopic (exact) mass is 280 g/mol. The molecule has 0 bridgehead atoms. The van der Waals surface area contributed by atoms with Crippen LogP contribution in [-0.2, 0) is 4.74 Å². The number of hydrogen-bond donors (Lipinski definition) is 1. The molecule has 1 heterocycles. The summed E-state index contributed by atoms with van der Waals surface area (Å²) < 4.78 is 5.65. The smallest absolute Gasteiger partial charge is 0.340 e. The van der Waals surface area contributed by atoms with Crippen LogP contribution in [0.4, 0.5) is 5.69 Å². The van der Waals surface area contributed by atoms with Gasteiger partial charge >= 0.3 is 5.97 Å². The molecule has 0 aliphatic heterocycles. The van der Waals surface area contributed by atoms with Crippen molar-refractivity contribution in [2.24, 2.45) is 0 Å². The summed E-state index contributed by atoms with van der Waals surface area (Å²) in [6.07, 6.45) is 1.75. The van der Waals surface area contributed by atoms with Crippen LogP contribution >= 0.6 is 23.1 Å². The third-order valence-corrected chi connectivity index (χ3v) is 4.24. The van der Waals surface area contributed by atoms with E-state index in [1.807, 2.05) is 18.4 Å². The number of hydrogen-bond acceptors (Lipinski definition) is 6. The van der Waals surface area contributed by atoms with Crippen LogP contribution in [0.15, 0.2) is 32.9 Å². The fraction of sp³-hybridized carbons (Fsp3) is 0.167. The molecule has 0 spiro atoms. The van der Waals surface area contributed by atoms with Crippen LogP contribution in [0, 0.1) is 6.92 Å². The molecule has 2 rings (SSSR count). The van der Waals surface area contributed by atoms with Crippen LogP contribution in [0.3, 0.4) is 0 Å². The van der Waals surface area contributed by atoms with E-state index in [4.69, 9.17) is 10.5 Å². The van der Waals surface area contributed by atoms with E-state index in [0.29, 0.717) is 11.3 Å². The Morgan fingerprint density at radius 1 is 1.50 bits per heavy atom. The number of carbonyl (C=O) groups excluding carboxylic acids is 1. The molecule has 0 saturated heterocycles. The molecule has 0 atom stereocenters. The number of rotatable bonds is 3. The zero-order valence-corrected chi connectivity index (χ0v) is 11.6. The van der Waals surface area contributed by atoms with Crippen molar-refractivity contribution in [1.29, 1.82) is 0 Å². The molecule has 0 aliphatic carbocycles. The molecule has 0 saturated carbocycles. The minimum atomic E-state index is -0.419. The number of anilines is 1. The number of nitrogen functional groups attached to an aromatic ring is 1. The van der Waals surface area contributed by atoms with Crippen molar-refractivity contribution in [1.82, 2.24) is 4.98 Å². The highest BCUT2D eigenvalue weighted by atomic mass is 32.2. The molecule has 0 unspecified atom stereocenters. The Balaban J connectivity index is 2.38. The van der Waals surface area contributed by atoms with E-state index in [1.165, 1.54) is 18.9 Å². The van der Waals surface area contributed by atoms with E-state index < -0.39 is 5.97 Å². The average Bonchev–Trinajstić information content (AvgIpc) is 2.85. The lowest BCUT2D eigenvalue weighted by Crippen LogP contribution is -2.07. The summed E-state index contributed by atoms with van der Waals surface area (Å²) >= 11 is 3.06. The topological polar surface area (TPSA) is 65.2 Å². The van der Waals surface area contributed by atoms with Gasteiger partial charge in [0, 0.05) is 22.2 Å². The molecule has 94 valence electrons. The maximum Gasteiger partial charge on any atom is 0.340 e. The quantitative estimate of drug-likeness (QED) is 0.691. The summed E-state index contributed by atoms with van der Waals surface area (Å²) in [4.78, 5) is 16.7. The van der Waals surface area contributed by atoms with E-state index in [0.717, 1.165) is 14.8 Å². The average molecular weight is 280 g/mol. The number of thiazole rings is 1. The van der Waals surface area contributed by atoms with Gasteiger partial charge in [0.15, 0.2) is 4.34 Å². The minimum absolute atomic E-state index is 0.400. The largest absolute Gasteiger partial charge is 0.465 e. The van der Waals surface area contributed by atoms with E-state index in [1.54, 1.807) is 23.6 Å². The van der Waals surface area contributed by atoms with Crippen LogP contribution in [0.5, 0.6) is 0 Å². The summed E-state index contributed by atoms with van der Waals surface area (Å²) in [6, 6.07) is 3.67. The zero-order valence-electron chi connectivity index (χ0n) is 9.97. The Morgan fingerprint density at radius 3 is 2.89 bits per heavy atom. The number of benzene rings is 1. The van der Waals surface area contributed by atoms with Gasteiger partial charge in [0.1, 0.15) is 0 Å². The summed E-state index contributed by atoms with van der Waals surface area (Å²) in [7, 11) is 1.34. The number of esters is 1. The van der Waals surface area contributed by atoms with E-state index in [2.05, 4.69) is 4.98 Å². The second-order valence-corrected chi connectivity index (χ2v) is 5.81. The van der Waals surface area contributed by atoms with Gasteiger partial charge in [0.2, 0.25) is 0 Å². The maximum atomic E-state index is 11.6. The summed E-state index contributed by atoms with van der Waals surface area (Å²) in [5, 5.41) is 1.91. The lowest BCUT2D eigenvalue weighted by Gasteiger charge is -2.09. The predicted molar refractivity (Wildman–Crippen MR) is 73.2 cm³/mol. The highest BCUT2D eigenvalue weighted by Crippen LogP contribution is 2.33. The van der Waals surface area contributed by atoms with Gasteiger partial charge in [0.25, 0.3) is 0 Å². The maximum absolute atomic E-state index is 11.6. The molecule has 0 radical (unpaired) electrons. The first-order chi connectivity index (χ1) is 8.61. The molecule has 1 aromatic heterocycles. The van der Waals surface area contributed by atoms with Crippen molar-refractivity contribution in [3.05, 3.63) is 34.8 Å². The third-order valence-electron chi connectivity index (χ3n) is 2.38. The van der Waals surface area contributed by atoms with Gasteiger partial charge in [-0.2, -0.15) is 0 Å². The SMILES string of the molecule is COC(=O)c1cc(Sc2nccs2)cc(C)c1N. The Hall–Kier alpha value is -1.53. The minimum Gasteiger partial charge on any atom is -0.465 e. The van der Waals surface area contributed by atoms with Crippen molar-refractivity contribution < 1.29 is 9.53 Å². The molecule has 1 aromatic carbocycles. The molecular formula is C12H12N2O2S2. The second-order valence-electron chi connectivity index (χ2n) is 3.59. The number of aryl methyl sites for hydroxylation is 1. The summed E-state index contributed by atoms with van der Waals surface area (Å²) in [5.74, 6) is -0.419. The Kier molecular flexibility index (Phi) is 3.88. The van der Waals surface area contributed by atoms with Gasteiger partial charge in [-0.15, -0.1) is 11.3 Å².